The third-order valence-electron chi connectivity index (χ3n) is 2.88. The first-order valence-corrected chi connectivity index (χ1v) is 5.72. The van der Waals surface area contributed by atoms with E-state index in [1.54, 1.807) is 0 Å². The standard InChI is InChI=1S/C13H22N2/c1-10(2)12(4)8-14-9-13-6-5-11(3)7-15-13/h5-7,10,12,14H,8-9H2,1-4H3. The Bertz CT molecular complexity index is 277. The monoisotopic (exact) mass is 206 g/mol. The fourth-order valence-electron chi connectivity index (χ4n) is 1.27. The van der Waals surface area contributed by atoms with Crippen LogP contribution in [-0.4, -0.2) is 11.5 Å². The number of nitrogens with zero attached hydrogens (tertiary/aromatic N) is 1. The average Bonchev–Trinajstić information content (AvgIpc) is 2.20. The van der Waals surface area contributed by atoms with Crippen LogP contribution in [-0.2, 0) is 6.54 Å². The normalized spacial score (nSPS) is 13.1. The van der Waals surface area contributed by atoms with E-state index >= 15 is 0 Å². The lowest BCUT2D eigenvalue weighted by Crippen LogP contribution is -2.24. The minimum atomic E-state index is 0.718. The zero-order valence-electron chi connectivity index (χ0n) is 10.2. The lowest BCUT2D eigenvalue weighted by atomic mass is 9.98. The van der Waals surface area contributed by atoms with Crippen LogP contribution in [0.2, 0.25) is 0 Å². The van der Waals surface area contributed by atoms with Gasteiger partial charge in [-0.2, -0.15) is 0 Å². The molecule has 0 aliphatic heterocycles. The summed E-state index contributed by atoms with van der Waals surface area (Å²) in [5.74, 6) is 1.46. The maximum Gasteiger partial charge on any atom is 0.0541 e. The maximum absolute atomic E-state index is 4.36. The first-order chi connectivity index (χ1) is 7.09. The Labute approximate surface area is 93.1 Å². The maximum atomic E-state index is 4.36. The van der Waals surface area contributed by atoms with Crippen LogP contribution in [0.5, 0.6) is 0 Å². The van der Waals surface area contributed by atoms with Gasteiger partial charge in [-0.1, -0.05) is 26.8 Å². The van der Waals surface area contributed by atoms with E-state index in [4.69, 9.17) is 0 Å². The van der Waals surface area contributed by atoms with Gasteiger partial charge in [0.25, 0.3) is 0 Å². The van der Waals surface area contributed by atoms with Crippen molar-refractivity contribution in [3.63, 3.8) is 0 Å². The third kappa shape index (κ3) is 4.43. The molecule has 2 heteroatoms. The van der Waals surface area contributed by atoms with Gasteiger partial charge in [0, 0.05) is 12.7 Å². The minimum Gasteiger partial charge on any atom is -0.311 e. The van der Waals surface area contributed by atoms with Gasteiger partial charge in [0.2, 0.25) is 0 Å². The Morgan fingerprint density at radius 1 is 1.27 bits per heavy atom. The summed E-state index contributed by atoms with van der Waals surface area (Å²) >= 11 is 0. The highest BCUT2D eigenvalue weighted by atomic mass is 14.9. The number of aromatic nitrogens is 1. The van der Waals surface area contributed by atoms with Crippen molar-refractivity contribution >= 4 is 0 Å². The summed E-state index contributed by atoms with van der Waals surface area (Å²) in [6, 6.07) is 4.19. The van der Waals surface area contributed by atoms with Crippen LogP contribution in [0.4, 0.5) is 0 Å². The van der Waals surface area contributed by atoms with Gasteiger partial charge in [0.15, 0.2) is 0 Å². The average molecular weight is 206 g/mol. The molecule has 0 fully saturated rings. The SMILES string of the molecule is Cc1ccc(CNCC(C)C(C)C)nc1. The fraction of sp³-hybridized carbons (Fsp3) is 0.615. The summed E-state index contributed by atoms with van der Waals surface area (Å²) in [4.78, 5) is 4.36. The van der Waals surface area contributed by atoms with Gasteiger partial charge in [-0.15, -0.1) is 0 Å². The van der Waals surface area contributed by atoms with Gasteiger partial charge >= 0.3 is 0 Å². The molecule has 0 aromatic carbocycles. The third-order valence-corrected chi connectivity index (χ3v) is 2.88. The van der Waals surface area contributed by atoms with Crippen LogP contribution < -0.4 is 5.32 Å². The molecule has 84 valence electrons. The van der Waals surface area contributed by atoms with Crippen molar-refractivity contribution in [1.29, 1.82) is 0 Å². The number of aryl methyl sites for hydroxylation is 1. The molecule has 0 spiro atoms. The first-order valence-electron chi connectivity index (χ1n) is 5.72. The van der Waals surface area contributed by atoms with E-state index in [0.29, 0.717) is 0 Å². The number of hydrogen-bond donors (Lipinski definition) is 1. The summed E-state index contributed by atoms with van der Waals surface area (Å²) in [5, 5.41) is 3.44. The molecule has 2 nitrogen and oxygen atoms in total. The summed E-state index contributed by atoms with van der Waals surface area (Å²) in [7, 11) is 0. The molecule has 1 unspecified atom stereocenters. The largest absolute Gasteiger partial charge is 0.311 e. The molecular weight excluding hydrogens is 184 g/mol. The van der Waals surface area contributed by atoms with Crippen LogP contribution in [0.15, 0.2) is 18.3 Å². The Kier molecular flexibility index (Phi) is 4.76. The Morgan fingerprint density at radius 3 is 2.53 bits per heavy atom. The van der Waals surface area contributed by atoms with Gasteiger partial charge in [-0.05, 0) is 36.9 Å². The molecule has 0 bridgehead atoms. The van der Waals surface area contributed by atoms with Crippen molar-refractivity contribution in [2.75, 3.05) is 6.54 Å². The van der Waals surface area contributed by atoms with Crippen molar-refractivity contribution in [3.05, 3.63) is 29.6 Å². The topological polar surface area (TPSA) is 24.9 Å². The molecule has 1 N–H and O–H groups in total. The molecule has 0 aliphatic rings. The fourth-order valence-corrected chi connectivity index (χ4v) is 1.27. The van der Waals surface area contributed by atoms with Gasteiger partial charge in [-0.25, -0.2) is 0 Å². The highest BCUT2D eigenvalue weighted by Gasteiger charge is 2.05. The molecule has 0 aliphatic carbocycles. The van der Waals surface area contributed by atoms with Crippen molar-refractivity contribution in [2.24, 2.45) is 11.8 Å². The van der Waals surface area contributed by atoms with E-state index < -0.39 is 0 Å². The molecule has 0 saturated heterocycles. The van der Waals surface area contributed by atoms with Crippen molar-refractivity contribution in [1.82, 2.24) is 10.3 Å². The number of pyridine rings is 1. The Balaban J connectivity index is 2.29. The highest BCUT2D eigenvalue weighted by Crippen LogP contribution is 2.07. The lowest BCUT2D eigenvalue weighted by molar-refractivity contribution is 0.391. The van der Waals surface area contributed by atoms with Gasteiger partial charge in [0.05, 0.1) is 5.69 Å². The van der Waals surface area contributed by atoms with E-state index in [0.717, 1.165) is 30.6 Å². The number of hydrogen-bond acceptors (Lipinski definition) is 2. The summed E-state index contributed by atoms with van der Waals surface area (Å²) < 4.78 is 0. The predicted molar refractivity (Wildman–Crippen MR) is 64.7 cm³/mol. The van der Waals surface area contributed by atoms with Crippen molar-refractivity contribution in [2.45, 2.75) is 34.2 Å². The number of nitrogens with one attached hydrogen (secondary N) is 1. The molecule has 1 rings (SSSR count). The van der Waals surface area contributed by atoms with Crippen molar-refractivity contribution in [3.8, 4) is 0 Å². The predicted octanol–water partition coefficient (Wildman–Crippen LogP) is 2.77. The van der Waals surface area contributed by atoms with Crippen molar-refractivity contribution < 1.29 is 0 Å². The molecule has 1 aromatic rings. The van der Waals surface area contributed by atoms with E-state index in [1.165, 1.54) is 5.56 Å². The zero-order valence-corrected chi connectivity index (χ0v) is 10.2. The molecule has 0 amide bonds. The summed E-state index contributed by atoms with van der Waals surface area (Å²) in [5.41, 5.74) is 2.34. The second-order valence-electron chi connectivity index (χ2n) is 4.68. The molecule has 0 radical (unpaired) electrons. The second kappa shape index (κ2) is 5.86. The summed E-state index contributed by atoms with van der Waals surface area (Å²) in [6.45, 7) is 10.8. The molecule has 1 heterocycles. The van der Waals surface area contributed by atoms with Crippen LogP contribution >= 0.6 is 0 Å². The quantitative estimate of drug-likeness (QED) is 0.801. The molecule has 0 saturated carbocycles. The van der Waals surface area contributed by atoms with Gasteiger partial charge < -0.3 is 5.32 Å². The first kappa shape index (κ1) is 12.2. The van der Waals surface area contributed by atoms with E-state index in [-0.39, 0.29) is 0 Å². The Morgan fingerprint density at radius 2 is 2.00 bits per heavy atom. The van der Waals surface area contributed by atoms with E-state index in [2.05, 4.69) is 50.1 Å². The molecule has 1 atom stereocenters. The van der Waals surface area contributed by atoms with E-state index in [1.807, 2.05) is 6.20 Å². The Hall–Kier alpha value is -0.890. The molecule has 1 aromatic heterocycles. The van der Waals surface area contributed by atoms with Crippen LogP contribution in [0.25, 0.3) is 0 Å². The van der Waals surface area contributed by atoms with Gasteiger partial charge in [-0.3, -0.25) is 4.98 Å². The molecular formula is C13H22N2. The number of rotatable bonds is 5. The van der Waals surface area contributed by atoms with Crippen LogP contribution in [0, 0.1) is 18.8 Å². The highest BCUT2D eigenvalue weighted by molar-refractivity contribution is 5.11. The lowest BCUT2D eigenvalue weighted by Gasteiger charge is -2.15. The van der Waals surface area contributed by atoms with E-state index in [9.17, 15) is 0 Å². The van der Waals surface area contributed by atoms with Gasteiger partial charge in [0.1, 0.15) is 0 Å². The minimum absolute atomic E-state index is 0.718. The van der Waals surface area contributed by atoms with Crippen LogP contribution in [0.3, 0.4) is 0 Å². The van der Waals surface area contributed by atoms with Crippen LogP contribution in [0.1, 0.15) is 32.0 Å². The summed E-state index contributed by atoms with van der Waals surface area (Å²) in [6.07, 6.45) is 1.92. The smallest absolute Gasteiger partial charge is 0.0541 e. The zero-order chi connectivity index (χ0) is 11.3. The second-order valence-corrected chi connectivity index (χ2v) is 4.68. The molecule has 15 heavy (non-hydrogen) atoms.